The van der Waals surface area contributed by atoms with Crippen LogP contribution >= 0.6 is 23.4 Å². The van der Waals surface area contributed by atoms with E-state index in [0.717, 1.165) is 21.4 Å². The van der Waals surface area contributed by atoms with Crippen molar-refractivity contribution in [1.29, 1.82) is 0 Å². The summed E-state index contributed by atoms with van der Waals surface area (Å²) in [6.07, 6.45) is 0. The van der Waals surface area contributed by atoms with E-state index < -0.39 is 10.0 Å². The third-order valence-electron chi connectivity index (χ3n) is 4.98. The minimum absolute atomic E-state index is 0.106. The fourth-order valence-electron chi connectivity index (χ4n) is 3.11. The number of rotatable bonds is 10. The molecule has 1 amide bonds. The molecule has 0 fully saturated rings. The van der Waals surface area contributed by atoms with Gasteiger partial charge in [0.05, 0.1) is 15.6 Å². The number of anilines is 1. The zero-order valence-electron chi connectivity index (χ0n) is 18.6. The second-order valence-corrected chi connectivity index (χ2v) is 11.0. The van der Waals surface area contributed by atoms with Crippen LogP contribution in [0.4, 0.5) is 5.69 Å². The molecule has 0 unspecified atom stereocenters. The Kier molecular flexibility index (Phi) is 8.83. The molecule has 0 aliphatic rings. The van der Waals surface area contributed by atoms with Crippen LogP contribution in [0.2, 0.25) is 5.02 Å². The van der Waals surface area contributed by atoms with Gasteiger partial charge in [0.2, 0.25) is 5.91 Å². The monoisotopic (exact) mass is 502 g/mol. The van der Waals surface area contributed by atoms with Gasteiger partial charge in [-0.1, -0.05) is 71.3 Å². The van der Waals surface area contributed by atoms with Crippen LogP contribution in [-0.2, 0) is 20.6 Å². The van der Waals surface area contributed by atoms with Gasteiger partial charge < -0.3 is 5.32 Å². The van der Waals surface area contributed by atoms with Crippen molar-refractivity contribution in [2.24, 2.45) is 0 Å². The number of para-hydroxylation sites is 1. The summed E-state index contributed by atoms with van der Waals surface area (Å²) < 4.78 is 27.8. The lowest BCUT2D eigenvalue weighted by Gasteiger charge is -2.25. The molecule has 5 nitrogen and oxygen atoms in total. The summed E-state index contributed by atoms with van der Waals surface area (Å²) >= 11 is 8.00. The van der Waals surface area contributed by atoms with Crippen molar-refractivity contribution in [3.63, 3.8) is 0 Å². The van der Waals surface area contributed by atoms with E-state index in [1.54, 1.807) is 48.2 Å². The molecule has 3 aromatic rings. The maximum Gasteiger partial charge on any atom is 0.264 e. The summed E-state index contributed by atoms with van der Waals surface area (Å²) in [5, 5.41) is 3.08. The number of halogens is 1. The number of nitrogens with zero attached hydrogens (tertiary/aromatic N) is 1. The second kappa shape index (κ2) is 11.6. The van der Waals surface area contributed by atoms with Gasteiger partial charge in [0.25, 0.3) is 10.0 Å². The van der Waals surface area contributed by atoms with Crippen LogP contribution in [0.25, 0.3) is 0 Å². The van der Waals surface area contributed by atoms with Gasteiger partial charge in [0, 0.05) is 18.1 Å². The summed E-state index contributed by atoms with van der Waals surface area (Å²) in [5.74, 6) is 1.18. The molecule has 0 atom stereocenters. The number of aryl methyl sites for hydroxylation is 2. The Balaban J connectivity index is 1.65. The molecule has 0 radical (unpaired) electrons. The van der Waals surface area contributed by atoms with E-state index in [1.165, 1.54) is 23.3 Å². The van der Waals surface area contributed by atoms with E-state index in [1.807, 2.05) is 6.92 Å². The fraction of sp³-hybridized carbons (Fsp3) is 0.240. The van der Waals surface area contributed by atoms with E-state index in [4.69, 9.17) is 11.6 Å². The number of hydrogen-bond acceptors (Lipinski definition) is 4. The van der Waals surface area contributed by atoms with Gasteiger partial charge >= 0.3 is 0 Å². The number of nitrogens with one attached hydrogen (secondary N) is 1. The maximum atomic E-state index is 13.4. The lowest BCUT2D eigenvalue weighted by Crippen LogP contribution is -2.41. The summed E-state index contributed by atoms with van der Waals surface area (Å²) in [5.41, 5.74) is 3.66. The molecule has 0 saturated carbocycles. The molecule has 0 bridgehead atoms. The first-order valence-electron chi connectivity index (χ1n) is 10.5. The van der Waals surface area contributed by atoms with Crippen molar-refractivity contribution in [3.8, 4) is 0 Å². The Morgan fingerprint density at radius 1 is 0.939 bits per heavy atom. The van der Waals surface area contributed by atoms with E-state index in [2.05, 4.69) is 36.5 Å². The van der Waals surface area contributed by atoms with Gasteiger partial charge in [0.15, 0.2) is 0 Å². The highest BCUT2D eigenvalue weighted by Crippen LogP contribution is 2.30. The summed E-state index contributed by atoms with van der Waals surface area (Å²) in [7, 11) is -3.98. The first-order chi connectivity index (χ1) is 15.8. The number of carbonyl (C=O) groups excluding carboxylic acids is 1. The standard InChI is InChI=1S/C25H27ClN2O3S2/c1-19-7-11-21(12-8-19)18-32-16-15-27-25(29)17-28(24-6-4-3-5-23(24)26)33(30,31)22-13-9-20(2)10-14-22/h3-14H,15-18H2,1-2H3,(H,27,29). The normalized spacial score (nSPS) is 11.2. The average Bonchev–Trinajstić information content (AvgIpc) is 2.79. The highest BCUT2D eigenvalue weighted by Gasteiger charge is 2.28. The van der Waals surface area contributed by atoms with E-state index in [9.17, 15) is 13.2 Å². The number of benzene rings is 3. The van der Waals surface area contributed by atoms with Gasteiger partial charge in [-0.25, -0.2) is 8.42 Å². The summed E-state index contributed by atoms with van der Waals surface area (Å²) in [6.45, 7) is 4.02. The zero-order valence-corrected chi connectivity index (χ0v) is 21.0. The lowest BCUT2D eigenvalue weighted by atomic mass is 10.2. The van der Waals surface area contributed by atoms with Crippen molar-refractivity contribution < 1.29 is 13.2 Å². The smallest absolute Gasteiger partial charge is 0.264 e. The molecular weight excluding hydrogens is 476 g/mol. The van der Waals surface area contributed by atoms with Crippen LogP contribution in [0, 0.1) is 13.8 Å². The van der Waals surface area contributed by atoms with Crippen LogP contribution in [0.15, 0.2) is 77.7 Å². The minimum atomic E-state index is -3.98. The summed E-state index contributed by atoms with van der Waals surface area (Å²) in [6, 6.07) is 21.5. The lowest BCUT2D eigenvalue weighted by molar-refractivity contribution is -0.119. The molecule has 0 aliphatic carbocycles. The van der Waals surface area contributed by atoms with Crippen LogP contribution in [-0.4, -0.2) is 33.2 Å². The van der Waals surface area contributed by atoms with Gasteiger partial charge in [-0.15, -0.1) is 0 Å². The summed E-state index contributed by atoms with van der Waals surface area (Å²) in [4.78, 5) is 12.8. The number of amides is 1. The molecule has 3 aromatic carbocycles. The van der Waals surface area contributed by atoms with Crippen molar-refractivity contribution >= 4 is 45.0 Å². The molecular formula is C25H27ClN2O3S2. The van der Waals surface area contributed by atoms with Crippen molar-refractivity contribution in [2.75, 3.05) is 23.1 Å². The Labute approximate surface area is 205 Å². The van der Waals surface area contributed by atoms with Gasteiger partial charge in [-0.2, -0.15) is 11.8 Å². The number of sulfonamides is 1. The second-order valence-electron chi connectivity index (χ2n) is 7.66. The Hall–Kier alpha value is -2.48. The van der Waals surface area contributed by atoms with E-state index in [0.29, 0.717) is 6.54 Å². The van der Waals surface area contributed by atoms with Crippen molar-refractivity contribution in [3.05, 3.63) is 94.5 Å². The molecule has 1 N–H and O–H groups in total. The molecule has 3 rings (SSSR count). The Morgan fingerprint density at radius 3 is 2.18 bits per heavy atom. The molecule has 0 aromatic heterocycles. The molecule has 33 heavy (non-hydrogen) atoms. The predicted molar refractivity (Wildman–Crippen MR) is 138 cm³/mol. The van der Waals surface area contributed by atoms with Crippen LogP contribution in [0.5, 0.6) is 0 Å². The topological polar surface area (TPSA) is 66.5 Å². The van der Waals surface area contributed by atoms with Crippen LogP contribution < -0.4 is 9.62 Å². The molecule has 0 spiro atoms. The Morgan fingerprint density at radius 2 is 1.55 bits per heavy atom. The maximum absolute atomic E-state index is 13.4. The molecule has 174 valence electrons. The van der Waals surface area contributed by atoms with Gasteiger partial charge in [-0.3, -0.25) is 9.10 Å². The zero-order chi connectivity index (χ0) is 23.8. The van der Waals surface area contributed by atoms with Crippen LogP contribution in [0.1, 0.15) is 16.7 Å². The SMILES string of the molecule is Cc1ccc(CSCCNC(=O)CN(c2ccccc2Cl)S(=O)(=O)c2ccc(C)cc2)cc1. The highest BCUT2D eigenvalue weighted by molar-refractivity contribution is 7.98. The average molecular weight is 503 g/mol. The molecule has 0 aliphatic heterocycles. The fourth-order valence-corrected chi connectivity index (χ4v) is 5.66. The van der Waals surface area contributed by atoms with Gasteiger partial charge in [-0.05, 0) is 43.7 Å². The van der Waals surface area contributed by atoms with Gasteiger partial charge in [0.1, 0.15) is 6.54 Å². The predicted octanol–water partition coefficient (Wildman–Crippen LogP) is 5.20. The minimum Gasteiger partial charge on any atom is -0.354 e. The quantitative estimate of drug-likeness (QED) is 0.387. The number of thioether (sulfide) groups is 1. The largest absolute Gasteiger partial charge is 0.354 e. The molecule has 0 heterocycles. The highest BCUT2D eigenvalue weighted by atomic mass is 35.5. The van der Waals surface area contributed by atoms with Crippen LogP contribution in [0.3, 0.4) is 0 Å². The Bertz CT molecular complexity index is 1180. The number of carbonyl (C=O) groups is 1. The van der Waals surface area contributed by atoms with E-state index >= 15 is 0 Å². The third-order valence-corrected chi connectivity index (χ3v) is 8.10. The third kappa shape index (κ3) is 7.00. The van der Waals surface area contributed by atoms with Crippen molar-refractivity contribution in [1.82, 2.24) is 5.32 Å². The van der Waals surface area contributed by atoms with Crippen molar-refractivity contribution in [2.45, 2.75) is 24.5 Å². The first-order valence-corrected chi connectivity index (χ1v) is 13.5. The van der Waals surface area contributed by atoms with E-state index in [-0.39, 0.29) is 28.1 Å². The number of hydrogen-bond donors (Lipinski definition) is 1. The molecule has 8 heteroatoms. The first kappa shape index (κ1) is 25.1. The molecule has 0 saturated heterocycles.